The Hall–Kier alpha value is -2.15. The summed E-state index contributed by atoms with van der Waals surface area (Å²) in [5, 5.41) is 3.32. The fourth-order valence-corrected chi connectivity index (χ4v) is 6.10. The van der Waals surface area contributed by atoms with E-state index in [2.05, 4.69) is 50.5 Å². The number of urea groups is 1. The summed E-state index contributed by atoms with van der Waals surface area (Å²) in [6.07, 6.45) is 1.47. The lowest BCUT2D eigenvalue weighted by molar-refractivity contribution is -0.122. The molecular formula is C26H18Cl2I2N2O4. The number of carbonyl (C=O) groups is 3. The first-order chi connectivity index (χ1) is 17.0. The zero-order valence-corrected chi connectivity index (χ0v) is 24.8. The number of nitrogens with one attached hydrogen (secondary N) is 1. The van der Waals surface area contributed by atoms with Crippen LogP contribution in [0.15, 0.2) is 54.1 Å². The third-order valence-corrected chi connectivity index (χ3v) is 7.76. The van der Waals surface area contributed by atoms with Crippen LogP contribution in [-0.2, 0) is 16.2 Å². The van der Waals surface area contributed by atoms with E-state index in [0.29, 0.717) is 27.0 Å². The van der Waals surface area contributed by atoms with Crippen molar-refractivity contribution in [1.29, 1.82) is 0 Å². The maximum atomic E-state index is 13.2. The molecule has 6 nitrogen and oxygen atoms in total. The van der Waals surface area contributed by atoms with Crippen LogP contribution in [0.5, 0.6) is 5.75 Å². The van der Waals surface area contributed by atoms with Crippen LogP contribution in [-0.4, -0.2) is 17.8 Å². The van der Waals surface area contributed by atoms with Crippen LogP contribution in [0.3, 0.4) is 0 Å². The molecule has 1 aliphatic heterocycles. The molecule has 1 N–H and O–H groups in total. The standard InChI is InChI=1S/C26H18Cl2I2N2O4/c1-13-3-6-18(7-14(13)2)32-25(34)19(24(33)31-26(32)35)8-15-9-21(29)23(22(30)10-15)36-12-16-4-5-17(27)11-20(16)28/h3-11H,12H2,1-2H3,(H,31,33,35)/b19-8+. The molecule has 1 saturated heterocycles. The molecular weight excluding hydrogens is 729 g/mol. The fraction of sp³-hybridized carbons (Fsp3) is 0.115. The van der Waals surface area contributed by atoms with Gasteiger partial charge in [0.05, 0.1) is 12.8 Å². The van der Waals surface area contributed by atoms with Crippen LogP contribution >= 0.6 is 68.4 Å². The number of ether oxygens (including phenoxy) is 1. The molecule has 4 rings (SSSR count). The number of halogens is 4. The third-order valence-electron chi connectivity index (χ3n) is 5.57. The molecule has 0 aromatic heterocycles. The van der Waals surface area contributed by atoms with Crippen LogP contribution < -0.4 is 15.0 Å². The van der Waals surface area contributed by atoms with Gasteiger partial charge in [-0.3, -0.25) is 14.9 Å². The second kappa shape index (κ2) is 11.1. The van der Waals surface area contributed by atoms with Gasteiger partial charge in [0, 0.05) is 15.6 Å². The quantitative estimate of drug-likeness (QED) is 0.172. The summed E-state index contributed by atoms with van der Waals surface area (Å²) < 4.78 is 7.57. The molecule has 10 heteroatoms. The zero-order chi connectivity index (χ0) is 26.1. The Morgan fingerprint density at radius 3 is 2.28 bits per heavy atom. The van der Waals surface area contributed by atoms with E-state index in [1.807, 2.05) is 19.9 Å². The van der Waals surface area contributed by atoms with Crippen LogP contribution in [0.2, 0.25) is 10.0 Å². The number of nitrogens with zero attached hydrogens (tertiary/aromatic N) is 1. The number of hydrogen-bond acceptors (Lipinski definition) is 4. The second-order valence-corrected chi connectivity index (χ2v) is 11.2. The number of imide groups is 2. The van der Waals surface area contributed by atoms with Gasteiger partial charge in [0.2, 0.25) is 0 Å². The van der Waals surface area contributed by atoms with Gasteiger partial charge in [0.1, 0.15) is 17.9 Å². The average Bonchev–Trinajstić information content (AvgIpc) is 2.79. The fourth-order valence-electron chi connectivity index (χ4n) is 3.51. The molecule has 0 unspecified atom stereocenters. The van der Waals surface area contributed by atoms with E-state index in [9.17, 15) is 14.4 Å². The summed E-state index contributed by atoms with van der Waals surface area (Å²) >= 11 is 16.5. The zero-order valence-electron chi connectivity index (χ0n) is 19.0. The summed E-state index contributed by atoms with van der Waals surface area (Å²) in [6.45, 7) is 4.07. The first-order valence-corrected chi connectivity index (χ1v) is 13.5. The number of hydrogen-bond donors (Lipinski definition) is 1. The Morgan fingerprint density at radius 1 is 0.944 bits per heavy atom. The predicted octanol–water partition coefficient (Wildman–Crippen LogP) is 7.06. The maximum absolute atomic E-state index is 13.2. The Labute approximate surface area is 245 Å². The molecule has 1 heterocycles. The smallest absolute Gasteiger partial charge is 0.335 e. The molecule has 1 fully saturated rings. The van der Waals surface area contributed by atoms with Gasteiger partial charge >= 0.3 is 6.03 Å². The van der Waals surface area contributed by atoms with Gasteiger partial charge in [-0.15, -0.1) is 0 Å². The van der Waals surface area contributed by atoms with E-state index in [1.165, 1.54) is 6.08 Å². The highest BCUT2D eigenvalue weighted by Crippen LogP contribution is 2.32. The Kier molecular flexibility index (Phi) is 8.28. The molecule has 0 radical (unpaired) electrons. The molecule has 0 aliphatic carbocycles. The first kappa shape index (κ1) is 26.9. The number of anilines is 1. The summed E-state index contributed by atoms with van der Waals surface area (Å²) in [5.74, 6) is -0.779. The van der Waals surface area contributed by atoms with Crippen molar-refractivity contribution in [3.8, 4) is 5.75 Å². The van der Waals surface area contributed by atoms with E-state index in [4.69, 9.17) is 27.9 Å². The van der Waals surface area contributed by atoms with Gasteiger partial charge in [-0.2, -0.15) is 0 Å². The van der Waals surface area contributed by atoms with Gasteiger partial charge in [0.15, 0.2) is 0 Å². The van der Waals surface area contributed by atoms with Crippen molar-refractivity contribution in [2.75, 3.05) is 4.90 Å². The van der Waals surface area contributed by atoms with Gasteiger partial charge < -0.3 is 4.74 Å². The van der Waals surface area contributed by atoms with Crippen molar-refractivity contribution >= 4 is 98.0 Å². The predicted molar refractivity (Wildman–Crippen MR) is 158 cm³/mol. The Morgan fingerprint density at radius 2 is 1.64 bits per heavy atom. The average molecular weight is 747 g/mol. The normalized spacial score (nSPS) is 14.9. The van der Waals surface area contributed by atoms with Gasteiger partial charge in [-0.1, -0.05) is 35.3 Å². The highest BCUT2D eigenvalue weighted by atomic mass is 127. The van der Waals surface area contributed by atoms with Crippen LogP contribution in [0.1, 0.15) is 22.3 Å². The van der Waals surface area contributed by atoms with Crippen molar-refractivity contribution in [2.45, 2.75) is 20.5 Å². The minimum atomic E-state index is -0.779. The van der Waals surface area contributed by atoms with Crippen LogP contribution in [0, 0.1) is 21.0 Å². The molecule has 1 aliphatic rings. The first-order valence-electron chi connectivity index (χ1n) is 10.6. The minimum absolute atomic E-state index is 0.138. The molecule has 4 amide bonds. The molecule has 0 saturated carbocycles. The summed E-state index contributed by atoms with van der Waals surface area (Å²) in [5.41, 5.74) is 3.62. The lowest BCUT2D eigenvalue weighted by Crippen LogP contribution is -2.54. The number of rotatable bonds is 5. The molecule has 36 heavy (non-hydrogen) atoms. The number of barbiturate groups is 1. The minimum Gasteiger partial charge on any atom is -0.487 e. The number of carbonyl (C=O) groups excluding carboxylic acids is 3. The van der Waals surface area contributed by atoms with Gasteiger partial charge in [-0.25, -0.2) is 9.69 Å². The largest absolute Gasteiger partial charge is 0.487 e. The molecule has 0 spiro atoms. The Bertz CT molecular complexity index is 1430. The van der Waals surface area contributed by atoms with Crippen molar-refractivity contribution in [3.05, 3.63) is 93.5 Å². The highest BCUT2D eigenvalue weighted by molar-refractivity contribution is 14.1. The molecule has 3 aromatic carbocycles. The van der Waals surface area contributed by atoms with Crippen LogP contribution in [0.4, 0.5) is 10.5 Å². The molecule has 184 valence electrons. The molecule has 0 atom stereocenters. The lowest BCUT2D eigenvalue weighted by atomic mass is 10.1. The SMILES string of the molecule is Cc1ccc(N2C(=O)NC(=O)/C(=C\c3cc(I)c(OCc4ccc(Cl)cc4Cl)c(I)c3)C2=O)cc1C. The molecule has 0 bridgehead atoms. The second-order valence-electron chi connectivity index (χ2n) is 8.06. The van der Waals surface area contributed by atoms with Gasteiger partial charge in [0.25, 0.3) is 11.8 Å². The maximum Gasteiger partial charge on any atom is 0.335 e. The van der Waals surface area contributed by atoms with Crippen molar-refractivity contribution in [3.63, 3.8) is 0 Å². The Balaban J connectivity index is 1.61. The van der Waals surface area contributed by atoms with Crippen molar-refractivity contribution < 1.29 is 19.1 Å². The summed E-state index contributed by atoms with van der Waals surface area (Å²) in [6, 6.07) is 13.3. The van der Waals surface area contributed by atoms with Crippen molar-refractivity contribution in [2.24, 2.45) is 0 Å². The van der Waals surface area contributed by atoms with E-state index < -0.39 is 17.8 Å². The van der Waals surface area contributed by atoms with E-state index in [1.54, 1.807) is 42.5 Å². The monoisotopic (exact) mass is 746 g/mol. The summed E-state index contributed by atoms with van der Waals surface area (Å²) in [4.78, 5) is 39.3. The lowest BCUT2D eigenvalue weighted by Gasteiger charge is -2.27. The van der Waals surface area contributed by atoms with Crippen LogP contribution in [0.25, 0.3) is 6.08 Å². The van der Waals surface area contributed by atoms with E-state index in [-0.39, 0.29) is 12.2 Å². The number of aryl methyl sites for hydroxylation is 2. The van der Waals surface area contributed by atoms with Gasteiger partial charge in [-0.05, 0) is 118 Å². The topological polar surface area (TPSA) is 75.7 Å². The van der Waals surface area contributed by atoms with E-state index in [0.717, 1.165) is 28.7 Å². The van der Waals surface area contributed by atoms with E-state index >= 15 is 0 Å². The number of benzene rings is 3. The summed E-state index contributed by atoms with van der Waals surface area (Å²) in [7, 11) is 0. The highest BCUT2D eigenvalue weighted by Gasteiger charge is 2.37. The van der Waals surface area contributed by atoms with Crippen molar-refractivity contribution in [1.82, 2.24) is 5.32 Å². The molecule has 3 aromatic rings. The number of amides is 4. The third kappa shape index (κ3) is 5.71.